The van der Waals surface area contributed by atoms with Crippen LogP contribution in [0, 0.1) is 5.82 Å². The number of aryl methyl sites for hydroxylation is 1. The van der Waals surface area contributed by atoms with Gasteiger partial charge < -0.3 is 15.2 Å². The topological polar surface area (TPSA) is 101 Å². The fourth-order valence-corrected chi connectivity index (χ4v) is 5.37. The van der Waals surface area contributed by atoms with E-state index in [0.29, 0.717) is 35.3 Å². The number of nitrogens with zero attached hydrogens (tertiary/aromatic N) is 3. The van der Waals surface area contributed by atoms with Gasteiger partial charge in [-0.15, -0.1) is 0 Å². The molecule has 0 radical (unpaired) electrons. The predicted octanol–water partition coefficient (Wildman–Crippen LogP) is 5.67. The number of nitrogens with one attached hydrogen (secondary N) is 2. The number of imidazole rings is 1. The van der Waals surface area contributed by atoms with Gasteiger partial charge in [0.1, 0.15) is 17.0 Å². The fraction of sp³-hybridized carbons (Fsp3) is 0.379. The van der Waals surface area contributed by atoms with Gasteiger partial charge in [-0.05, 0) is 74.9 Å². The molecule has 0 amide bonds. The van der Waals surface area contributed by atoms with Crippen LogP contribution in [0.1, 0.15) is 51.8 Å². The van der Waals surface area contributed by atoms with Gasteiger partial charge in [-0.2, -0.15) is 5.10 Å². The van der Waals surface area contributed by atoms with Gasteiger partial charge in [-0.1, -0.05) is 25.1 Å². The first kappa shape index (κ1) is 25.2. The summed E-state index contributed by atoms with van der Waals surface area (Å²) in [7, 11) is 0. The van der Waals surface area contributed by atoms with Gasteiger partial charge in [-0.3, -0.25) is 10.00 Å². The number of phenols is 1. The molecule has 2 aromatic carbocycles. The predicted molar refractivity (Wildman–Crippen MR) is 145 cm³/mol. The summed E-state index contributed by atoms with van der Waals surface area (Å²) in [5.74, 6) is 0.366. The van der Waals surface area contributed by atoms with Crippen LogP contribution < -0.4 is 0 Å². The van der Waals surface area contributed by atoms with E-state index in [1.165, 1.54) is 0 Å². The van der Waals surface area contributed by atoms with Gasteiger partial charge in [0.25, 0.3) is 0 Å². The van der Waals surface area contributed by atoms with Gasteiger partial charge in [0.2, 0.25) is 0 Å². The third-order valence-electron chi connectivity index (χ3n) is 7.18. The number of phenolic OH excluding ortho intramolecular Hbond substituents is 1. The first-order valence-corrected chi connectivity index (χ1v) is 12.8. The maximum absolute atomic E-state index is 15.6. The molecule has 7 nitrogen and oxygen atoms in total. The molecular formula is C29H34FN5O2. The van der Waals surface area contributed by atoms with Gasteiger partial charge in [0, 0.05) is 30.1 Å². The summed E-state index contributed by atoms with van der Waals surface area (Å²) in [6.07, 6.45) is 6.34. The van der Waals surface area contributed by atoms with E-state index in [4.69, 9.17) is 0 Å². The van der Waals surface area contributed by atoms with E-state index >= 15 is 4.39 Å². The molecule has 2 aromatic heterocycles. The maximum atomic E-state index is 15.6. The van der Waals surface area contributed by atoms with Crippen LogP contribution in [0.2, 0.25) is 0 Å². The minimum atomic E-state index is -0.709. The number of fused-ring (bicyclic) bond motifs is 1. The lowest BCUT2D eigenvalue weighted by molar-refractivity contribution is 0.0400. The van der Waals surface area contributed by atoms with Gasteiger partial charge in [0.05, 0.1) is 17.5 Å². The second-order valence-electron chi connectivity index (χ2n) is 10.6. The lowest BCUT2D eigenvalue weighted by atomic mass is 9.96. The lowest BCUT2D eigenvalue weighted by Crippen LogP contribution is -2.41. The zero-order chi connectivity index (χ0) is 26.3. The first-order chi connectivity index (χ1) is 17.6. The number of aromatic amines is 2. The van der Waals surface area contributed by atoms with Crippen LogP contribution in [-0.2, 0) is 6.42 Å². The molecule has 0 aliphatic carbocycles. The van der Waals surface area contributed by atoms with Gasteiger partial charge in [-0.25, -0.2) is 9.37 Å². The van der Waals surface area contributed by atoms with E-state index in [1.54, 1.807) is 24.3 Å². The number of hydrogen-bond donors (Lipinski definition) is 4. The van der Waals surface area contributed by atoms with Crippen LogP contribution >= 0.6 is 0 Å². The van der Waals surface area contributed by atoms with E-state index in [2.05, 4.69) is 38.1 Å². The quantitative estimate of drug-likeness (QED) is 0.261. The highest BCUT2D eigenvalue weighted by Crippen LogP contribution is 2.35. The summed E-state index contributed by atoms with van der Waals surface area (Å²) in [6, 6.07) is 8.87. The van der Waals surface area contributed by atoms with Crippen LogP contribution in [-0.4, -0.2) is 60.0 Å². The Bertz CT molecular complexity index is 1460. The normalized spacial score (nSPS) is 15.8. The maximum Gasteiger partial charge on any atom is 0.159 e. The zero-order valence-electron chi connectivity index (χ0n) is 21.8. The summed E-state index contributed by atoms with van der Waals surface area (Å²) < 4.78 is 15.6. The largest absolute Gasteiger partial charge is 0.508 e. The van der Waals surface area contributed by atoms with Gasteiger partial charge >= 0.3 is 0 Å². The molecule has 4 aromatic rings. The Balaban J connectivity index is 1.42. The van der Waals surface area contributed by atoms with Crippen LogP contribution in [0.25, 0.3) is 39.1 Å². The van der Waals surface area contributed by atoms with Crippen LogP contribution in [0.5, 0.6) is 5.75 Å². The Hall–Kier alpha value is -3.49. The summed E-state index contributed by atoms with van der Waals surface area (Å²) in [5, 5.41) is 28.0. The van der Waals surface area contributed by atoms with Crippen LogP contribution in [0.15, 0.2) is 42.6 Å². The molecule has 4 N–H and O–H groups in total. The van der Waals surface area contributed by atoms with Crippen molar-refractivity contribution in [3.8, 4) is 28.4 Å². The Morgan fingerprint density at radius 2 is 1.97 bits per heavy atom. The number of aromatic nitrogens is 4. The zero-order valence-corrected chi connectivity index (χ0v) is 21.8. The fourth-order valence-electron chi connectivity index (χ4n) is 5.37. The van der Waals surface area contributed by atoms with Crippen molar-refractivity contribution in [1.29, 1.82) is 0 Å². The number of aliphatic hydroxyl groups is 1. The van der Waals surface area contributed by atoms with E-state index in [1.807, 2.05) is 33.0 Å². The third kappa shape index (κ3) is 5.04. The highest BCUT2D eigenvalue weighted by Gasteiger charge is 2.25. The molecule has 8 heteroatoms. The third-order valence-corrected chi connectivity index (χ3v) is 7.18. The number of rotatable bonds is 7. The number of H-pyrrole nitrogens is 2. The highest BCUT2D eigenvalue weighted by atomic mass is 19.1. The van der Waals surface area contributed by atoms with Crippen molar-refractivity contribution in [3.63, 3.8) is 0 Å². The Kier molecular flexibility index (Phi) is 6.64. The van der Waals surface area contributed by atoms with Crippen molar-refractivity contribution < 1.29 is 14.6 Å². The highest BCUT2D eigenvalue weighted by molar-refractivity contribution is 5.95. The molecular weight excluding hydrogens is 469 g/mol. The van der Waals surface area contributed by atoms with Gasteiger partial charge in [0.15, 0.2) is 11.6 Å². The Morgan fingerprint density at radius 3 is 2.73 bits per heavy atom. The van der Waals surface area contributed by atoms with E-state index in [9.17, 15) is 10.2 Å². The Morgan fingerprint density at radius 1 is 1.19 bits per heavy atom. The Labute approximate surface area is 216 Å². The second kappa shape index (κ2) is 9.76. The standard InChI is InChI=1S/C29H34FN5O2/c1-5-18-13-20(36)8-9-21(18)22-10-11-23-26(25(22)30)33-34-27(23)28-31-15-24(32-28)19-7-6-12-35(16-19)17(2)14-29(3,4)37/h7-11,13,15,17,36-37H,5-6,12,14,16H2,1-4H3,(H,31,32)(H,33,34). The summed E-state index contributed by atoms with van der Waals surface area (Å²) in [6.45, 7) is 9.55. The monoisotopic (exact) mass is 503 g/mol. The summed E-state index contributed by atoms with van der Waals surface area (Å²) >= 11 is 0. The first-order valence-electron chi connectivity index (χ1n) is 12.8. The molecule has 3 heterocycles. The average Bonchev–Trinajstić information content (AvgIpc) is 3.51. The SMILES string of the molecule is CCc1cc(O)ccc1-c1ccc2c(-c3ncc(C4=CCCN(C(C)CC(C)(C)O)C4)[nH]3)[nH]nc2c1F. The minimum Gasteiger partial charge on any atom is -0.508 e. The van der Waals surface area contributed by atoms with E-state index in [0.717, 1.165) is 41.9 Å². The summed E-state index contributed by atoms with van der Waals surface area (Å²) in [5.41, 5.74) is 4.33. The molecule has 0 spiro atoms. The van der Waals surface area contributed by atoms with Crippen molar-refractivity contribution in [3.05, 3.63) is 59.7 Å². The molecule has 1 atom stereocenters. The number of benzene rings is 2. The second-order valence-corrected chi connectivity index (χ2v) is 10.6. The molecule has 194 valence electrons. The number of aromatic hydroxyl groups is 1. The van der Waals surface area contributed by atoms with E-state index in [-0.39, 0.29) is 17.3 Å². The van der Waals surface area contributed by atoms with Crippen molar-refractivity contribution in [2.75, 3.05) is 13.1 Å². The van der Waals surface area contributed by atoms with Crippen LogP contribution in [0.4, 0.5) is 4.39 Å². The molecule has 0 saturated heterocycles. The van der Waals surface area contributed by atoms with E-state index < -0.39 is 11.4 Å². The van der Waals surface area contributed by atoms with Crippen LogP contribution in [0.3, 0.4) is 0 Å². The smallest absolute Gasteiger partial charge is 0.159 e. The molecule has 37 heavy (non-hydrogen) atoms. The molecule has 0 saturated carbocycles. The number of halogens is 1. The number of hydrogen-bond acceptors (Lipinski definition) is 5. The molecule has 1 unspecified atom stereocenters. The molecule has 0 fully saturated rings. The van der Waals surface area contributed by atoms with Crippen molar-refractivity contribution in [2.24, 2.45) is 0 Å². The minimum absolute atomic E-state index is 0.167. The molecule has 5 rings (SSSR count). The van der Waals surface area contributed by atoms with Crippen molar-refractivity contribution >= 4 is 16.5 Å². The average molecular weight is 504 g/mol. The molecule has 1 aliphatic rings. The molecule has 1 aliphatic heterocycles. The molecule has 0 bridgehead atoms. The van der Waals surface area contributed by atoms with Crippen molar-refractivity contribution in [2.45, 2.75) is 58.6 Å². The summed E-state index contributed by atoms with van der Waals surface area (Å²) in [4.78, 5) is 10.4. The van der Waals surface area contributed by atoms with Crippen molar-refractivity contribution in [1.82, 2.24) is 25.1 Å². The lowest BCUT2D eigenvalue weighted by Gasteiger charge is -2.35.